The van der Waals surface area contributed by atoms with Gasteiger partial charge in [-0.05, 0) is 23.7 Å². The summed E-state index contributed by atoms with van der Waals surface area (Å²) in [6, 6.07) is 0. The molecule has 0 aliphatic carbocycles. The van der Waals surface area contributed by atoms with Crippen LogP contribution in [0.3, 0.4) is 0 Å². The van der Waals surface area contributed by atoms with Gasteiger partial charge < -0.3 is 20.4 Å². The first kappa shape index (κ1) is 98.2. The van der Waals surface area contributed by atoms with Crippen LogP contribution >= 0.6 is 0 Å². The Hall–Kier alpha value is 0.554. The topological polar surface area (TPSA) is 92.2 Å². The second-order valence-corrected chi connectivity index (χ2v) is 33.2. The van der Waals surface area contributed by atoms with Gasteiger partial charge in [0.05, 0.1) is 0 Å². The number of rotatable bonds is 64. The van der Waals surface area contributed by atoms with Gasteiger partial charge in [-0.25, -0.2) is 0 Å². The average Bonchev–Trinajstić information content (AvgIpc) is 3.42. The van der Waals surface area contributed by atoms with Crippen LogP contribution in [0, 0.1) is 23.7 Å². The van der Waals surface area contributed by atoms with Crippen molar-refractivity contribution in [2.24, 2.45) is 23.7 Å². The maximum Gasteiger partial charge on any atom is 4.00 e. The summed E-state index contributed by atoms with van der Waals surface area (Å²) in [5.41, 5.74) is -2.85. The van der Waals surface area contributed by atoms with Crippen molar-refractivity contribution >= 4 is 0 Å². The Morgan fingerprint density at radius 3 is 0.315 bits per heavy atom. The molecule has 0 saturated carbocycles. The smallest absolute Gasteiger partial charge is 0.850 e. The number of unbranched alkanes of at least 4 members (excludes halogenated alkanes) is 48. The Morgan fingerprint density at radius 2 is 0.236 bits per heavy atom. The second-order valence-electron chi connectivity index (χ2n) is 33.2. The summed E-state index contributed by atoms with van der Waals surface area (Å²) in [5, 5.41) is 45.8. The standard InChI is InChI=1S/4C21H43O.Ti/c4*1-20(2)18-16-14-12-10-8-6-5-7-9-11-13-15-17-19-21(3,4)22;/h4*20H,5-19H2,1-4H3;/q4*-1;+4. The molecule has 4 nitrogen and oxygen atoms in total. The summed E-state index contributed by atoms with van der Waals surface area (Å²) in [7, 11) is 0. The Kier molecular flexibility index (Phi) is 80.4. The Balaban J connectivity index is -0.000000351. The third-order valence-electron chi connectivity index (χ3n) is 18.2. The number of hydrogen-bond acceptors (Lipinski definition) is 4. The first-order valence-electron chi connectivity index (χ1n) is 40.5. The molecule has 0 amide bonds. The van der Waals surface area contributed by atoms with Crippen molar-refractivity contribution in [1.82, 2.24) is 0 Å². The molecule has 89 heavy (non-hydrogen) atoms. The predicted molar refractivity (Wildman–Crippen MR) is 393 cm³/mol. The molecule has 0 fully saturated rings. The van der Waals surface area contributed by atoms with Crippen LogP contribution in [0.25, 0.3) is 0 Å². The van der Waals surface area contributed by atoms with E-state index in [-0.39, 0.29) is 21.7 Å². The molecule has 0 aromatic rings. The van der Waals surface area contributed by atoms with Gasteiger partial charge in [0, 0.05) is 0 Å². The fraction of sp³-hybridized carbons (Fsp3) is 1.00. The molecule has 0 atom stereocenters. The molecule has 0 aromatic heterocycles. The normalized spacial score (nSPS) is 12.1. The van der Waals surface area contributed by atoms with Gasteiger partial charge in [0.15, 0.2) is 0 Å². The quantitative estimate of drug-likeness (QED) is 0.0448. The monoisotopic (exact) mass is 1290 g/mol. The Morgan fingerprint density at radius 1 is 0.157 bits per heavy atom. The van der Waals surface area contributed by atoms with Gasteiger partial charge in [-0.2, -0.15) is 0 Å². The first-order chi connectivity index (χ1) is 41.7. The van der Waals surface area contributed by atoms with Gasteiger partial charge in [-0.1, -0.05) is 496 Å². The fourth-order valence-corrected chi connectivity index (χ4v) is 12.2. The van der Waals surface area contributed by atoms with Crippen LogP contribution in [0.15, 0.2) is 0 Å². The minimum absolute atomic E-state index is 0. The Bertz CT molecular complexity index is 1060. The zero-order chi connectivity index (χ0) is 66.7. The summed E-state index contributed by atoms with van der Waals surface area (Å²) in [6.07, 6.45) is 80.8. The zero-order valence-corrected chi connectivity index (χ0v) is 66.4. The molecule has 0 saturated heterocycles. The summed E-state index contributed by atoms with van der Waals surface area (Å²) < 4.78 is 0. The molecular formula is C84H172O4Ti. The maximum absolute atomic E-state index is 11.5. The third kappa shape index (κ3) is 113. The van der Waals surface area contributed by atoms with Gasteiger partial charge in [0.2, 0.25) is 0 Å². The summed E-state index contributed by atoms with van der Waals surface area (Å²) >= 11 is 0. The van der Waals surface area contributed by atoms with Crippen LogP contribution in [0.1, 0.15) is 496 Å². The van der Waals surface area contributed by atoms with E-state index in [1.807, 2.05) is 0 Å². The first-order valence-corrected chi connectivity index (χ1v) is 40.5. The Labute approximate surface area is 580 Å². The van der Waals surface area contributed by atoms with E-state index in [2.05, 4.69) is 55.4 Å². The van der Waals surface area contributed by atoms with Crippen LogP contribution < -0.4 is 20.4 Å². The molecule has 0 heterocycles. The molecule has 5 heteroatoms. The molecular weight excluding hydrogens is 1120 g/mol. The molecule has 0 bridgehead atoms. The third-order valence-corrected chi connectivity index (χ3v) is 18.2. The van der Waals surface area contributed by atoms with E-state index >= 15 is 0 Å². The van der Waals surface area contributed by atoms with Gasteiger partial charge in [-0.3, -0.25) is 0 Å². The molecule has 0 aliphatic rings. The molecule has 0 radical (unpaired) electrons. The molecule has 0 unspecified atom stereocenters. The fourth-order valence-electron chi connectivity index (χ4n) is 12.2. The summed E-state index contributed by atoms with van der Waals surface area (Å²) in [6.45, 7) is 33.0. The van der Waals surface area contributed by atoms with Gasteiger partial charge in [0.1, 0.15) is 0 Å². The van der Waals surface area contributed by atoms with Gasteiger partial charge >= 0.3 is 21.7 Å². The SMILES string of the molecule is CC(C)CCCCCCCCCCCCCCCC(C)(C)[O-].CC(C)CCCCCCCCCCCCCCCC(C)(C)[O-].CC(C)CCCCCCCCCCCCCCCC(C)(C)[O-].CC(C)CCCCCCCCCCCCCCCC(C)(C)[O-].[Ti+4]. The van der Waals surface area contributed by atoms with Crippen LogP contribution in [0.4, 0.5) is 0 Å². The zero-order valence-electron chi connectivity index (χ0n) is 64.9. The van der Waals surface area contributed by atoms with Crippen molar-refractivity contribution in [1.29, 1.82) is 0 Å². The average molecular weight is 1290 g/mol. The molecule has 0 spiro atoms. The molecule has 0 rings (SSSR count). The van der Waals surface area contributed by atoms with Crippen molar-refractivity contribution in [3.8, 4) is 0 Å². The minimum atomic E-state index is -0.714. The molecule has 536 valence electrons. The van der Waals surface area contributed by atoms with E-state index < -0.39 is 22.4 Å². The largest absolute Gasteiger partial charge is 4.00 e. The van der Waals surface area contributed by atoms with Gasteiger partial charge in [-0.15, -0.1) is 22.4 Å². The second kappa shape index (κ2) is 72.8. The van der Waals surface area contributed by atoms with E-state index in [0.29, 0.717) is 0 Å². The molecule has 0 aliphatic heterocycles. The van der Waals surface area contributed by atoms with Crippen molar-refractivity contribution in [2.75, 3.05) is 0 Å². The van der Waals surface area contributed by atoms with Crippen molar-refractivity contribution in [3.05, 3.63) is 0 Å². The van der Waals surface area contributed by atoms with E-state index in [1.54, 1.807) is 55.4 Å². The number of hydrogen-bond donors (Lipinski definition) is 0. The maximum atomic E-state index is 11.5. The van der Waals surface area contributed by atoms with Crippen LogP contribution in [0.2, 0.25) is 0 Å². The van der Waals surface area contributed by atoms with E-state index in [1.165, 1.54) is 334 Å². The predicted octanol–water partition coefficient (Wildman–Crippen LogP) is 26.5. The summed E-state index contributed by atoms with van der Waals surface area (Å²) in [4.78, 5) is 0. The van der Waals surface area contributed by atoms with Crippen molar-refractivity contribution in [2.45, 2.75) is 518 Å². The van der Waals surface area contributed by atoms with E-state index in [9.17, 15) is 20.4 Å². The molecule has 0 N–H and O–H groups in total. The molecule has 0 aromatic carbocycles. The van der Waals surface area contributed by atoms with Crippen LogP contribution in [-0.4, -0.2) is 22.4 Å². The van der Waals surface area contributed by atoms with E-state index in [4.69, 9.17) is 0 Å². The van der Waals surface area contributed by atoms with Crippen LogP contribution in [0.5, 0.6) is 0 Å². The van der Waals surface area contributed by atoms with Crippen molar-refractivity contribution in [3.63, 3.8) is 0 Å². The summed E-state index contributed by atoms with van der Waals surface area (Å²) in [5.74, 6) is 3.53. The van der Waals surface area contributed by atoms with Crippen LogP contribution in [-0.2, 0) is 21.7 Å². The van der Waals surface area contributed by atoms with Crippen molar-refractivity contribution < 1.29 is 42.1 Å². The van der Waals surface area contributed by atoms with Gasteiger partial charge in [0.25, 0.3) is 0 Å². The minimum Gasteiger partial charge on any atom is -0.850 e. The van der Waals surface area contributed by atoms with E-state index in [0.717, 1.165) is 75.0 Å².